The molecule has 1 aliphatic rings. The zero-order valence-corrected chi connectivity index (χ0v) is 14.3. The molecule has 5 nitrogen and oxygen atoms in total. The molecule has 6 heteroatoms. The van der Waals surface area contributed by atoms with E-state index in [0.717, 1.165) is 29.2 Å². The average molecular weight is 344 g/mol. The summed E-state index contributed by atoms with van der Waals surface area (Å²) in [4.78, 5) is 27.5. The van der Waals surface area contributed by atoms with Gasteiger partial charge in [0.1, 0.15) is 5.75 Å². The summed E-state index contributed by atoms with van der Waals surface area (Å²) in [6.07, 6.45) is 1.65. The van der Waals surface area contributed by atoms with Crippen molar-refractivity contribution in [3.8, 4) is 5.75 Å². The fourth-order valence-corrected chi connectivity index (χ4v) is 3.54. The Balaban J connectivity index is 1.61. The molecule has 2 heterocycles. The van der Waals surface area contributed by atoms with Crippen molar-refractivity contribution in [3.63, 3.8) is 0 Å². The third-order valence-corrected chi connectivity index (χ3v) is 5.03. The number of benzene rings is 1. The lowest BCUT2D eigenvalue weighted by molar-refractivity contribution is -0.121. The number of piperidine rings is 1. The molecule has 0 radical (unpaired) electrons. The molecule has 1 fully saturated rings. The number of rotatable bonds is 4. The van der Waals surface area contributed by atoms with Crippen LogP contribution < -0.4 is 10.1 Å². The van der Waals surface area contributed by atoms with Crippen molar-refractivity contribution < 1.29 is 14.3 Å². The zero-order valence-electron chi connectivity index (χ0n) is 13.5. The maximum absolute atomic E-state index is 12.5. The molecular weight excluding hydrogens is 324 g/mol. The Bertz CT molecular complexity index is 698. The number of likely N-dealkylation sites (tertiary alicyclic amines) is 1. The van der Waals surface area contributed by atoms with Crippen LogP contribution in [-0.2, 0) is 4.79 Å². The smallest absolute Gasteiger partial charge is 0.263 e. The van der Waals surface area contributed by atoms with Gasteiger partial charge < -0.3 is 15.0 Å². The van der Waals surface area contributed by atoms with E-state index in [4.69, 9.17) is 4.74 Å². The van der Waals surface area contributed by atoms with E-state index in [1.807, 2.05) is 41.8 Å². The lowest BCUT2D eigenvalue weighted by atomic mass is 9.97. The van der Waals surface area contributed by atoms with E-state index in [1.165, 1.54) is 11.3 Å². The number of methoxy groups -OCH3 is 1. The number of carbonyl (C=O) groups excluding carboxylic acids is 2. The summed E-state index contributed by atoms with van der Waals surface area (Å²) in [5.74, 6) is 0.555. The standard InChI is InChI=1S/C18H20N2O3S/c1-23-15-8-6-14(7-9-15)19-17(21)13-4-2-10-20(12-13)18(22)16-5-3-11-24-16/h3,5-9,11,13H,2,4,10,12H2,1H3,(H,19,21). The predicted octanol–water partition coefficient (Wildman–Crippen LogP) is 3.25. The number of anilines is 1. The molecular formula is C18H20N2O3S. The molecule has 1 aromatic heterocycles. The first-order valence-corrected chi connectivity index (χ1v) is 8.83. The van der Waals surface area contributed by atoms with Crippen molar-refractivity contribution in [3.05, 3.63) is 46.7 Å². The maximum atomic E-state index is 12.5. The van der Waals surface area contributed by atoms with Crippen molar-refractivity contribution in [2.24, 2.45) is 5.92 Å². The second-order valence-electron chi connectivity index (χ2n) is 5.79. The fraction of sp³-hybridized carbons (Fsp3) is 0.333. The monoisotopic (exact) mass is 344 g/mol. The Labute approximate surface area is 145 Å². The van der Waals surface area contributed by atoms with Crippen molar-refractivity contribution in [1.29, 1.82) is 0 Å². The van der Waals surface area contributed by atoms with Gasteiger partial charge in [-0.1, -0.05) is 6.07 Å². The summed E-state index contributed by atoms with van der Waals surface area (Å²) in [6, 6.07) is 10.9. The van der Waals surface area contributed by atoms with Gasteiger partial charge in [0.2, 0.25) is 5.91 Å². The fourth-order valence-electron chi connectivity index (χ4n) is 2.85. The third-order valence-electron chi connectivity index (χ3n) is 4.17. The number of hydrogen-bond acceptors (Lipinski definition) is 4. The molecule has 2 amide bonds. The molecule has 126 valence electrons. The molecule has 1 saturated heterocycles. The van der Waals surface area contributed by atoms with E-state index >= 15 is 0 Å². The highest BCUT2D eigenvalue weighted by molar-refractivity contribution is 7.12. The van der Waals surface area contributed by atoms with Gasteiger partial charge in [0.05, 0.1) is 17.9 Å². The van der Waals surface area contributed by atoms with Crippen LogP contribution in [0.25, 0.3) is 0 Å². The van der Waals surface area contributed by atoms with E-state index in [0.29, 0.717) is 13.1 Å². The number of carbonyl (C=O) groups is 2. The van der Waals surface area contributed by atoms with Gasteiger partial charge in [-0.15, -0.1) is 11.3 Å². The Kier molecular flexibility index (Phi) is 5.15. The van der Waals surface area contributed by atoms with Crippen molar-refractivity contribution in [1.82, 2.24) is 4.90 Å². The number of nitrogens with one attached hydrogen (secondary N) is 1. The first-order valence-electron chi connectivity index (χ1n) is 7.95. The summed E-state index contributed by atoms with van der Waals surface area (Å²) in [5.41, 5.74) is 0.738. The van der Waals surface area contributed by atoms with E-state index < -0.39 is 0 Å². The summed E-state index contributed by atoms with van der Waals surface area (Å²) in [6.45, 7) is 1.18. The van der Waals surface area contributed by atoms with Gasteiger partial charge in [-0.2, -0.15) is 0 Å². The Morgan fingerprint density at radius 3 is 2.71 bits per heavy atom. The molecule has 24 heavy (non-hydrogen) atoms. The molecule has 0 saturated carbocycles. The molecule has 2 aromatic rings. The third kappa shape index (κ3) is 3.76. The van der Waals surface area contributed by atoms with E-state index in [9.17, 15) is 9.59 Å². The van der Waals surface area contributed by atoms with Crippen LogP contribution in [0.5, 0.6) is 5.75 Å². The van der Waals surface area contributed by atoms with Gasteiger partial charge in [-0.25, -0.2) is 0 Å². The van der Waals surface area contributed by atoms with Crippen LogP contribution in [0.15, 0.2) is 41.8 Å². The number of amides is 2. The highest BCUT2D eigenvalue weighted by atomic mass is 32.1. The summed E-state index contributed by atoms with van der Waals surface area (Å²) < 4.78 is 5.11. The van der Waals surface area contributed by atoms with E-state index in [-0.39, 0.29) is 17.7 Å². The van der Waals surface area contributed by atoms with Crippen LogP contribution >= 0.6 is 11.3 Å². The molecule has 0 aliphatic carbocycles. The van der Waals surface area contributed by atoms with Crippen LogP contribution in [0.1, 0.15) is 22.5 Å². The van der Waals surface area contributed by atoms with E-state index in [2.05, 4.69) is 5.32 Å². The second-order valence-corrected chi connectivity index (χ2v) is 6.73. The highest BCUT2D eigenvalue weighted by Gasteiger charge is 2.29. The molecule has 1 N–H and O–H groups in total. The first kappa shape index (κ1) is 16.5. The van der Waals surface area contributed by atoms with Gasteiger partial charge in [-0.3, -0.25) is 9.59 Å². The molecule has 3 rings (SSSR count). The van der Waals surface area contributed by atoms with Crippen LogP contribution in [0.2, 0.25) is 0 Å². The lowest BCUT2D eigenvalue weighted by Gasteiger charge is -2.31. The average Bonchev–Trinajstić information content (AvgIpc) is 3.16. The summed E-state index contributed by atoms with van der Waals surface area (Å²) in [5, 5.41) is 4.82. The Morgan fingerprint density at radius 2 is 2.04 bits per heavy atom. The molecule has 1 atom stereocenters. The molecule has 0 spiro atoms. The molecule has 1 aliphatic heterocycles. The molecule has 0 bridgehead atoms. The number of nitrogens with zero attached hydrogens (tertiary/aromatic N) is 1. The Hall–Kier alpha value is -2.34. The quantitative estimate of drug-likeness (QED) is 0.926. The molecule has 1 aromatic carbocycles. The van der Waals surface area contributed by atoms with Crippen molar-refractivity contribution in [2.75, 3.05) is 25.5 Å². The molecule has 1 unspecified atom stereocenters. The second kappa shape index (κ2) is 7.49. The first-order chi connectivity index (χ1) is 11.7. The lowest BCUT2D eigenvalue weighted by Crippen LogP contribution is -2.43. The minimum absolute atomic E-state index is 0.0203. The van der Waals surface area contributed by atoms with Crippen LogP contribution in [-0.4, -0.2) is 36.9 Å². The SMILES string of the molecule is COc1ccc(NC(=O)C2CCCN(C(=O)c3cccs3)C2)cc1. The number of thiophene rings is 1. The largest absolute Gasteiger partial charge is 0.497 e. The van der Waals surface area contributed by atoms with Gasteiger partial charge in [0, 0.05) is 18.8 Å². The van der Waals surface area contributed by atoms with Crippen molar-refractivity contribution >= 4 is 28.8 Å². The van der Waals surface area contributed by atoms with Gasteiger partial charge in [0.15, 0.2) is 0 Å². The van der Waals surface area contributed by atoms with Crippen LogP contribution in [0.4, 0.5) is 5.69 Å². The Morgan fingerprint density at radius 1 is 1.25 bits per heavy atom. The van der Waals surface area contributed by atoms with Crippen LogP contribution in [0, 0.1) is 5.92 Å². The number of ether oxygens (including phenoxy) is 1. The minimum Gasteiger partial charge on any atom is -0.497 e. The van der Waals surface area contributed by atoms with E-state index in [1.54, 1.807) is 12.0 Å². The normalized spacial score (nSPS) is 17.4. The van der Waals surface area contributed by atoms with Gasteiger partial charge >= 0.3 is 0 Å². The zero-order chi connectivity index (χ0) is 16.9. The van der Waals surface area contributed by atoms with Crippen molar-refractivity contribution in [2.45, 2.75) is 12.8 Å². The van der Waals surface area contributed by atoms with Crippen LogP contribution in [0.3, 0.4) is 0 Å². The number of hydrogen-bond donors (Lipinski definition) is 1. The maximum Gasteiger partial charge on any atom is 0.263 e. The minimum atomic E-state index is -0.176. The van der Waals surface area contributed by atoms with Gasteiger partial charge in [-0.05, 0) is 48.6 Å². The summed E-state index contributed by atoms with van der Waals surface area (Å²) >= 11 is 1.44. The summed E-state index contributed by atoms with van der Waals surface area (Å²) in [7, 11) is 1.61. The highest BCUT2D eigenvalue weighted by Crippen LogP contribution is 2.22. The van der Waals surface area contributed by atoms with Gasteiger partial charge in [0.25, 0.3) is 5.91 Å². The topological polar surface area (TPSA) is 58.6 Å². The predicted molar refractivity (Wildman–Crippen MR) is 94.6 cm³/mol.